The van der Waals surface area contributed by atoms with Crippen LogP contribution in [0.3, 0.4) is 0 Å². The van der Waals surface area contributed by atoms with E-state index in [4.69, 9.17) is 17.3 Å². The number of amides is 1. The van der Waals surface area contributed by atoms with Crippen LogP contribution in [0.25, 0.3) is 11.1 Å². The average molecular weight is 399 g/mol. The zero-order valence-electron chi connectivity index (χ0n) is 13.5. The Morgan fingerprint density at radius 2 is 1.81 bits per heavy atom. The lowest BCUT2D eigenvalue weighted by molar-refractivity contribution is 0.0989. The molecule has 0 spiro atoms. The van der Waals surface area contributed by atoms with Crippen molar-refractivity contribution in [3.8, 4) is 11.1 Å². The SMILES string of the molecule is Cc1nc(C(F)F)c(C(N)=O)s1.Fc1cc(-c2ccccc2)ccc1Cl. The highest BCUT2D eigenvalue weighted by atomic mass is 35.5. The van der Waals surface area contributed by atoms with Gasteiger partial charge in [-0.05, 0) is 30.2 Å². The van der Waals surface area contributed by atoms with E-state index in [1.165, 1.54) is 6.07 Å². The number of primary amides is 1. The number of hydrogen-bond donors (Lipinski definition) is 1. The third kappa shape index (κ3) is 5.06. The Morgan fingerprint density at radius 3 is 2.31 bits per heavy atom. The van der Waals surface area contributed by atoms with Crippen LogP contribution in [0.5, 0.6) is 0 Å². The molecular weight excluding hydrogens is 385 g/mol. The van der Waals surface area contributed by atoms with E-state index in [1.54, 1.807) is 19.1 Å². The number of nitrogens with zero attached hydrogens (tertiary/aromatic N) is 1. The number of nitrogens with two attached hydrogens (primary N) is 1. The van der Waals surface area contributed by atoms with Gasteiger partial charge in [0.15, 0.2) is 0 Å². The van der Waals surface area contributed by atoms with Gasteiger partial charge in [-0.1, -0.05) is 48.0 Å². The summed E-state index contributed by atoms with van der Waals surface area (Å²) in [6, 6.07) is 14.4. The quantitative estimate of drug-likeness (QED) is 0.621. The van der Waals surface area contributed by atoms with E-state index in [9.17, 15) is 18.0 Å². The number of hydrogen-bond acceptors (Lipinski definition) is 3. The van der Waals surface area contributed by atoms with E-state index in [0.717, 1.165) is 22.5 Å². The topological polar surface area (TPSA) is 56.0 Å². The van der Waals surface area contributed by atoms with Crippen molar-refractivity contribution in [1.82, 2.24) is 4.98 Å². The number of aromatic nitrogens is 1. The standard InChI is InChI=1S/C12H8ClF.C6H6F2N2OS/c13-11-7-6-10(8-12(11)14)9-4-2-1-3-5-9;1-2-10-3(5(7)8)4(12-2)6(9)11/h1-8H;5H,1H3,(H2,9,11). The molecular formula is C18H14ClF3N2OS. The van der Waals surface area contributed by atoms with Crippen molar-refractivity contribution < 1.29 is 18.0 Å². The maximum Gasteiger partial charge on any atom is 0.282 e. The lowest BCUT2D eigenvalue weighted by atomic mass is 10.1. The molecule has 3 nitrogen and oxygen atoms in total. The van der Waals surface area contributed by atoms with Crippen LogP contribution in [-0.4, -0.2) is 10.9 Å². The van der Waals surface area contributed by atoms with Crippen molar-refractivity contribution in [3.05, 3.63) is 74.9 Å². The van der Waals surface area contributed by atoms with Gasteiger partial charge >= 0.3 is 0 Å². The summed E-state index contributed by atoms with van der Waals surface area (Å²) in [6.07, 6.45) is -2.74. The summed E-state index contributed by atoms with van der Waals surface area (Å²) in [5.74, 6) is -1.23. The monoisotopic (exact) mass is 398 g/mol. The zero-order chi connectivity index (χ0) is 19.3. The molecule has 0 radical (unpaired) electrons. The minimum atomic E-state index is -2.74. The third-order valence-corrected chi connectivity index (χ3v) is 4.53. The molecule has 0 atom stereocenters. The lowest BCUT2D eigenvalue weighted by Gasteiger charge is -2.01. The smallest absolute Gasteiger partial charge is 0.282 e. The van der Waals surface area contributed by atoms with E-state index in [-0.39, 0.29) is 15.7 Å². The fraction of sp³-hybridized carbons (Fsp3) is 0.111. The molecule has 3 aromatic rings. The van der Waals surface area contributed by atoms with E-state index in [1.807, 2.05) is 30.3 Å². The van der Waals surface area contributed by atoms with Gasteiger partial charge in [0.05, 0.1) is 10.0 Å². The number of halogens is 4. The molecule has 3 rings (SSSR count). The molecule has 0 aliphatic heterocycles. The molecule has 0 aliphatic carbocycles. The first-order valence-electron chi connectivity index (χ1n) is 7.35. The van der Waals surface area contributed by atoms with Gasteiger partial charge in [0.1, 0.15) is 16.4 Å². The van der Waals surface area contributed by atoms with Crippen molar-refractivity contribution in [3.63, 3.8) is 0 Å². The number of alkyl halides is 2. The first-order valence-corrected chi connectivity index (χ1v) is 8.54. The van der Waals surface area contributed by atoms with Gasteiger partial charge in [-0.25, -0.2) is 18.2 Å². The molecule has 1 heterocycles. The Kier molecular flexibility index (Phi) is 6.76. The van der Waals surface area contributed by atoms with E-state index in [0.29, 0.717) is 5.01 Å². The van der Waals surface area contributed by atoms with E-state index >= 15 is 0 Å². The third-order valence-electron chi connectivity index (χ3n) is 3.22. The van der Waals surface area contributed by atoms with Gasteiger partial charge in [0.25, 0.3) is 12.3 Å². The zero-order valence-corrected chi connectivity index (χ0v) is 15.1. The number of carbonyl (C=O) groups is 1. The van der Waals surface area contributed by atoms with Crippen molar-refractivity contribution in [1.29, 1.82) is 0 Å². The van der Waals surface area contributed by atoms with Gasteiger partial charge in [-0.3, -0.25) is 4.79 Å². The highest BCUT2D eigenvalue weighted by molar-refractivity contribution is 7.13. The normalized spacial score (nSPS) is 10.4. The molecule has 0 unspecified atom stereocenters. The van der Waals surface area contributed by atoms with Crippen molar-refractivity contribution in [2.75, 3.05) is 0 Å². The summed E-state index contributed by atoms with van der Waals surface area (Å²) in [5.41, 5.74) is 6.18. The molecule has 8 heteroatoms. The van der Waals surface area contributed by atoms with Gasteiger partial charge in [0.2, 0.25) is 0 Å². The van der Waals surface area contributed by atoms with Crippen LogP contribution in [-0.2, 0) is 0 Å². The Hall–Kier alpha value is -2.38. The molecule has 0 saturated heterocycles. The minimum absolute atomic E-state index is 0.150. The van der Waals surface area contributed by atoms with Crippen molar-refractivity contribution >= 4 is 28.8 Å². The predicted octanol–water partition coefficient (Wildman–Crippen LogP) is 5.63. The van der Waals surface area contributed by atoms with Crippen LogP contribution in [0, 0.1) is 12.7 Å². The number of thiazole rings is 1. The summed E-state index contributed by atoms with van der Waals surface area (Å²) in [4.78, 5) is 13.9. The molecule has 0 bridgehead atoms. The molecule has 0 saturated carbocycles. The highest BCUT2D eigenvalue weighted by Crippen LogP contribution is 2.26. The molecule has 1 amide bonds. The van der Waals surface area contributed by atoms with E-state index in [2.05, 4.69) is 4.98 Å². The molecule has 0 fully saturated rings. The predicted molar refractivity (Wildman–Crippen MR) is 97.2 cm³/mol. The maximum atomic E-state index is 13.1. The number of carbonyl (C=O) groups excluding carboxylic acids is 1. The van der Waals surface area contributed by atoms with E-state index < -0.39 is 18.0 Å². The highest BCUT2D eigenvalue weighted by Gasteiger charge is 2.21. The van der Waals surface area contributed by atoms with Gasteiger partial charge in [-0.15, -0.1) is 11.3 Å². The summed E-state index contributed by atoms with van der Waals surface area (Å²) < 4.78 is 37.4. The maximum absolute atomic E-state index is 13.1. The summed E-state index contributed by atoms with van der Waals surface area (Å²) in [5, 5.41) is 0.573. The van der Waals surface area contributed by atoms with Crippen LogP contribution in [0.1, 0.15) is 26.8 Å². The minimum Gasteiger partial charge on any atom is -0.365 e. The van der Waals surface area contributed by atoms with Crippen molar-refractivity contribution in [2.45, 2.75) is 13.3 Å². The van der Waals surface area contributed by atoms with Gasteiger partial charge < -0.3 is 5.73 Å². The summed E-state index contributed by atoms with van der Waals surface area (Å²) in [6.45, 7) is 1.54. The Morgan fingerprint density at radius 1 is 1.15 bits per heavy atom. The van der Waals surface area contributed by atoms with Crippen LogP contribution in [0.4, 0.5) is 13.2 Å². The van der Waals surface area contributed by atoms with Gasteiger partial charge in [0, 0.05) is 0 Å². The van der Waals surface area contributed by atoms with Crippen LogP contribution in [0.15, 0.2) is 48.5 Å². The second-order valence-corrected chi connectivity index (χ2v) is 6.72. The Bertz CT molecular complexity index is 901. The largest absolute Gasteiger partial charge is 0.365 e. The second kappa shape index (κ2) is 8.82. The molecule has 26 heavy (non-hydrogen) atoms. The number of benzene rings is 2. The summed E-state index contributed by atoms with van der Waals surface area (Å²) >= 11 is 6.48. The Labute approximate surface area is 157 Å². The first kappa shape index (κ1) is 19.9. The fourth-order valence-corrected chi connectivity index (χ4v) is 2.97. The Balaban J connectivity index is 0.000000190. The van der Waals surface area contributed by atoms with Crippen LogP contribution < -0.4 is 5.73 Å². The molecule has 0 aliphatic rings. The fourth-order valence-electron chi connectivity index (χ4n) is 2.07. The second-order valence-electron chi connectivity index (χ2n) is 5.11. The van der Waals surface area contributed by atoms with Crippen LogP contribution in [0.2, 0.25) is 5.02 Å². The molecule has 1 aromatic heterocycles. The first-order chi connectivity index (χ1) is 12.3. The number of rotatable bonds is 3. The average Bonchev–Trinajstić information content (AvgIpc) is 3.01. The molecule has 2 aromatic carbocycles. The molecule has 136 valence electrons. The molecule has 2 N–H and O–H groups in total. The number of aryl methyl sites for hydroxylation is 1. The summed E-state index contributed by atoms with van der Waals surface area (Å²) in [7, 11) is 0. The van der Waals surface area contributed by atoms with Crippen LogP contribution >= 0.6 is 22.9 Å². The van der Waals surface area contributed by atoms with Crippen molar-refractivity contribution in [2.24, 2.45) is 5.73 Å². The lowest BCUT2D eigenvalue weighted by Crippen LogP contribution is -2.11. The van der Waals surface area contributed by atoms with Gasteiger partial charge in [-0.2, -0.15) is 0 Å².